The van der Waals surface area contributed by atoms with E-state index in [0.29, 0.717) is 0 Å². The quantitative estimate of drug-likeness (QED) is 0.857. The van der Waals surface area contributed by atoms with Gasteiger partial charge in [-0.25, -0.2) is 0 Å². The Labute approximate surface area is 120 Å². The highest BCUT2D eigenvalue weighted by Crippen LogP contribution is 2.36. The fraction of sp³-hybridized carbons (Fsp3) is 0.562. The molecule has 0 bridgehead atoms. The number of carbonyl (C=O) groups is 1. The van der Waals surface area contributed by atoms with E-state index in [2.05, 4.69) is 5.32 Å². The molecule has 1 aliphatic carbocycles. The zero-order valence-electron chi connectivity index (χ0n) is 12.5. The zero-order valence-corrected chi connectivity index (χ0v) is 12.5. The molecule has 1 saturated carbocycles. The number of carbonyl (C=O) groups excluding carboxylic acids is 1. The lowest BCUT2D eigenvalue weighted by molar-refractivity contribution is -0.138. The predicted molar refractivity (Wildman–Crippen MR) is 79.3 cm³/mol. The molecule has 0 radical (unpaired) electrons. The first-order chi connectivity index (χ1) is 9.38. The summed E-state index contributed by atoms with van der Waals surface area (Å²) in [5.41, 5.74) is -0.617. The molecule has 2 rings (SSSR count). The van der Waals surface area contributed by atoms with E-state index < -0.39 is 5.60 Å². The van der Waals surface area contributed by atoms with Gasteiger partial charge in [0, 0.05) is 0 Å². The highest BCUT2D eigenvalue weighted by atomic mass is 16.3. The number of benzene rings is 1. The Morgan fingerprint density at radius 2 is 1.95 bits per heavy atom. The maximum Gasteiger partial charge on any atom is 0.240 e. The van der Waals surface area contributed by atoms with Crippen LogP contribution in [0.2, 0.25) is 0 Å². The van der Waals surface area contributed by atoms with Crippen LogP contribution in [0.25, 0.3) is 0 Å². The smallest absolute Gasteiger partial charge is 0.240 e. The maximum absolute atomic E-state index is 12.4. The normalized spacial score (nSPS) is 20.1. The van der Waals surface area contributed by atoms with Gasteiger partial charge in [0.05, 0.1) is 12.1 Å². The van der Waals surface area contributed by atoms with Crippen molar-refractivity contribution in [2.24, 2.45) is 0 Å². The molecule has 1 aromatic carbocycles. The van der Waals surface area contributed by atoms with Crippen LogP contribution in [0.3, 0.4) is 0 Å². The molecule has 20 heavy (non-hydrogen) atoms. The third kappa shape index (κ3) is 2.72. The topological polar surface area (TPSA) is 52.6 Å². The van der Waals surface area contributed by atoms with Crippen molar-refractivity contribution in [3.05, 3.63) is 35.9 Å². The number of hydrogen-bond donors (Lipinski definition) is 2. The van der Waals surface area contributed by atoms with Gasteiger partial charge in [-0.1, -0.05) is 30.3 Å². The Kier molecular flexibility index (Phi) is 4.16. The van der Waals surface area contributed by atoms with E-state index in [0.717, 1.165) is 24.8 Å². The minimum absolute atomic E-state index is 0.0185. The highest BCUT2D eigenvalue weighted by Gasteiger charge is 2.46. The second-order valence-corrected chi connectivity index (χ2v) is 6.10. The second kappa shape index (κ2) is 5.54. The zero-order chi connectivity index (χ0) is 14.8. The van der Waals surface area contributed by atoms with Gasteiger partial charge in [0.2, 0.25) is 5.91 Å². The Bertz CT molecular complexity index is 465. The van der Waals surface area contributed by atoms with Crippen LogP contribution in [-0.4, -0.2) is 42.1 Å². The number of aliphatic hydroxyl groups is 1. The summed E-state index contributed by atoms with van der Waals surface area (Å²) < 4.78 is 0. The van der Waals surface area contributed by atoms with E-state index >= 15 is 0 Å². The lowest BCUT2D eigenvalue weighted by atomic mass is 9.75. The SMILES string of the molecule is CN(C)C1(C(=O)NCC(C)(O)c2ccccc2)CCC1. The molecule has 0 aliphatic heterocycles. The van der Waals surface area contributed by atoms with Gasteiger partial charge in [-0.2, -0.15) is 0 Å². The minimum Gasteiger partial charge on any atom is -0.384 e. The fourth-order valence-electron chi connectivity index (χ4n) is 2.71. The highest BCUT2D eigenvalue weighted by molar-refractivity contribution is 5.87. The van der Waals surface area contributed by atoms with Crippen LogP contribution in [0.1, 0.15) is 31.7 Å². The number of rotatable bonds is 5. The van der Waals surface area contributed by atoms with Crippen LogP contribution in [0.4, 0.5) is 0 Å². The minimum atomic E-state index is -1.05. The van der Waals surface area contributed by atoms with Crippen LogP contribution in [0.5, 0.6) is 0 Å². The van der Waals surface area contributed by atoms with Gasteiger partial charge in [-0.3, -0.25) is 9.69 Å². The second-order valence-electron chi connectivity index (χ2n) is 6.10. The van der Waals surface area contributed by atoms with E-state index in [1.54, 1.807) is 6.92 Å². The van der Waals surface area contributed by atoms with Crippen LogP contribution in [-0.2, 0) is 10.4 Å². The van der Waals surface area contributed by atoms with Gasteiger partial charge in [-0.05, 0) is 45.8 Å². The lowest BCUT2D eigenvalue weighted by Gasteiger charge is -2.45. The molecule has 1 aliphatic rings. The van der Waals surface area contributed by atoms with E-state index in [4.69, 9.17) is 0 Å². The maximum atomic E-state index is 12.4. The van der Waals surface area contributed by atoms with Crippen molar-refractivity contribution >= 4 is 5.91 Å². The fourth-order valence-corrected chi connectivity index (χ4v) is 2.71. The summed E-state index contributed by atoms with van der Waals surface area (Å²) in [5, 5.41) is 13.4. The average molecular weight is 276 g/mol. The Morgan fingerprint density at radius 1 is 1.35 bits per heavy atom. The summed E-state index contributed by atoms with van der Waals surface area (Å²) in [5.74, 6) is 0.0185. The largest absolute Gasteiger partial charge is 0.384 e. The molecule has 1 fully saturated rings. The summed E-state index contributed by atoms with van der Waals surface area (Å²) in [6.45, 7) is 1.96. The molecule has 1 aromatic rings. The van der Waals surface area contributed by atoms with Gasteiger partial charge in [-0.15, -0.1) is 0 Å². The van der Waals surface area contributed by atoms with Gasteiger partial charge in [0.1, 0.15) is 5.60 Å². The van der Waals surface area contributed by atoms with Gasteiger partial charge < -0.3 is 10.4 Å². The van der Waals surface area contributed by atoms with Crippen molar-refractivity contribution in [1.29, 1.82) is 0 Å². The number of nitrogens with zero attached hydrogens (tertiary/aromatic N) is 1. The summed E-state index contributed by atoms with van der Waals surface area (Å²) in [6.07, 6.45) is 2.86. The van der Waals surface area contributed by atoms with Gasteiger partial charge in [0.25, 0.3) is 0 Å². The molecule has 0 saturated heterocycles. The first kappa shape index (κ1) is 15.0. The number of amides is 1. The first-order valence-electron chi connectivity index (χ1n) is 7.12. The van der Waals surface area contributed by atoms with Crippen molar-refractivity contribution in [2.45, 2.75) is 37.3 Å². The molecule has 2 N–H and O–H groups in total. The monoisotopic (exact) mass is 276 g/mol. The molecular formula is C16H24N2O2. The molecule has 1 amide bonds. The summed E-state index contributed by atoms with van der Waals surface area (Å²) in [7, 11) is 3.88. The molecule has 1 atom stereocenters. The van der Waals surface area contributed by atoms with E-state index in [1.165, 1.54) is 0 Å². The Balaban J connectivity index is 2.00. The van der Waals surface area contributed by atoms with Gasteiger partial charge >= 0.3 is 0 Å². The van der Waals surface area contributed by atoms with Crippen LogP contribution in [0.15, 0.2) is 30.3 Å². The van der Waals surface area contributed by atoms with E-state index in [1.807, 2.05) is 49.3 Å². The van der Waals surface area contributed by atoms with Crippen LogP contribution >= 0.6 is 0 Å². The van der Waals surface area contributed by atoms with Crippen LogP contribution < -0.4 is 5.32 Å². The molecule has 1 unspecified atom stereocenters. The molecule has 4 nitrogen and oxygen atoms in total. The Morgan fingerprint density at radius 3 is 2.40 bits per heavy atom. The number of likely N-dealkylation sites (N-methyl/N-ethyl adjacent to an activating group) is 1. The average Bonchev–Trinajstić information content (AvgIpc) is 2.36. The third-order valence-electron chi connectivity index (χ3n) is 4.45. The lowest BCUT2D eigenvalue weighted by Crippen LogP contribution is -2.61. The van der Waals surface area contributed by atoms with E-state index in [-0.39, 0.29) is 18.0 Å². The molecule has 110 valence electrons. The third-order valence-corrected chi connectivity index (χ3v) is 4.45. The van der Waals surface area contributed by atoms with Crippen molar-refractivity contribution in [3.63, 3.8) is 0 Å². The van der Waals surface area contributed by atoms with Crippen LogP contribution in [0, 0.1) is 0 Å². The molecular weight excluding hydrogens is 252 g/mol. The van der Waals surface area contributed by atoms with Crippen molar-refractivity contribution in [1.82, 2.24) is 10.2 Å². The van der Waals surface area contributed by atoms with Crippen molar-refractivity contribution in [3.8, 4) is 0 Å². The molecule has 0 aromatic heterocycles. The number of nitrogens with one attached hydrogen (secondary N) is 1. The van der Waals surface area contributed by atoms with Crippen molar-refractivity contribution < 1.29 is 9.90 Å². The first-order valence-corrected chi connectivity index (χ1v) is 7.12. The van der Waals surface area contributed by atoms with E-state index in [9.17, 15) is 9.90 Å². The molecule has 0 heterocycles. The summed E-state index contributed by atoms with van der Waals surface area (Å²) in [6, 6.07) is 9.43. The molecule has 0 spiro atoms. The number of hydrogen-bond acceptors (Lipinski definition) is 3. The van der Waals surface area contributed by atoms with Gasteiger partial charge in [0.15, 0.2) is 0 Å². The van der Waals surface area contributed by atoms with Crippen molar-refractivity contribution in [2.75, 3.05) is 20.6 Å². The molecule has 4 heteroatoms. The summed E-state index contributed by atoms with van der Waals surface area (Å²) >= 11 is 0. The summed E-state index contributed by atoms with van der Waals surface area (Å²) in [4.78, 5) is 14.4. The standard InChI is InChI=1S/C16H24N2O2/c1-15(20,13-8-5-4-6-9-13)12-17-14(19)16(18(2)3)10-7-11-16/h4-6,8-9,20H,7,10-12H2,1-3H3,(H,17,19). The Hall–Kier alpha value is -1.39. The predicted octanol–water partition coefficient (Wildman–Crippen LogP) is 1.49.